The summed E-state index contributed by atoms with van der Waals surface area (Å²) in [5.74, 6) is 0.209. The van der Waals surface area contributed by atoms with Crippen LogP contribution in [-0.4, -0.2) is 9.72 Å². The van der Waals surface area contributed by atoms with Crippen LogP contribution in [0.2, 0.25) is 0 Å². The third-order valence-electron chi connectivity index (χ3n) is 1.42. The molecule has 0 saturated heterocycles. The molecule has 0 fully saturated rings. The highest BCUT2D eigenvalue weighted by atomic mass is 16.5. The zero-order valence-electron chi connectivity index (χ0n) is 6.41. The predicted molar refractivity (Wildman–Crippen MR) is 40.3 cm³/mol. The van der Waals surface area contributed by atoms with Crippen LogP contribution in [0.4, 0.5) is 0 Å². The molecule has 0 saturated carbocycles. The second kappa shape index (κ2) is 3.18. The Bertz CT molecular complexity index is 298. The van der Waals surface area contributed by atoms with E-state index in [1.54, 1.807) is 13.0 Å². The lowest BCUT2D eigenvalue weighted by atomic mass is 10.4. The van der Waals surface area contributed by atoms with Crippen LogP contribution in [-0.2, 0) is 6.54 Å². The molecule has 0 N–H and O–H groups in total. The van der Waals surface area contributed by atoms with E-state index in [0.717, 1.165) is 6.42 Å². The van der Waals surface area contributed by atoms with Gasteiger partial charge in [-0.1, -0.05) is 11.2 Å². The van der Waals surface area contributed by atoms with Crippen molar-refractivity contribution >= 4 is 0 Å². The summed E-state index contributed by atoms with van der Waals surface area (Å²) in [6, 6.07) is 0. The van der Waals surface area contributed by atoms with Crippen molar-refractivity contribution in [3.05, 3.63) is 29.0 Å². The Morgan fingerprint density at radius 3 is 3.00 bits per heavy atom. The van der Waals surface area contributed by atoms with Crippen LogP contribution in [0.1, 0.15) is 12.2 Å². The minimum Gasteiger partial charge on any atom is -0.296 e. The molecule has 0 aliphatic heterocycles. The Morgan fingerprint density at radius 1 is 1.82 bits per heavy atom. The van der Waals surface area contributed by atoms with E-state index in [-0.39, 0.29) is 0 Å². The van der Waals surface area contributed by atoms with Crippen molar-refractivity contribution in [2.24, 2.45) is 0 Å². The second-order valence-electron chi connectivity index (χ2n) is 2.22. The lowest BCUT2D eigenvalue weighted by Gasteiger charge is -1.95. The van der Waals surface area contributed by atoms with Crippen LogP contribution in [0.3, 0.4) is 0 Å². The van der Waals surface area contributed by atoms with E-state index in [1.807, 2.05) is 0 Å². The number of aryl methyl sites for hydroxylation is 1. The molecule has 0 amide bonds. The van der Waals surface area contributed by atoms with Gasteiger partial charge in [-0.15, -0.1) is 6.58 Å². The lowest BCUT2D eigenvalue weighted by molar-refractivity contribution is 0.374. The van der Waals surface area contributed by atoms with Gasteiger partial charge in [-0.3, -0.25) is 9.09 Å². The summed E-state index contributed by atoms with van der Waals surface area (Å²) in [5.41, 5.74) is 0. The van der Waals surface area contributed by atoms with Crippen molar-refractivity contribution in [3.63, 3.8) is 0 Å². The van der Waals surface area contributed by atoms with Crippen LogP contribution in [0.25, 0.3) is 0 Å². The van der Waals surface area contributed by atoms with E-state index < -0.39 is 5.76 Å². The molecule has 0 aliphatic carbocycles. The van der Waals surface area contributed by atoms with Crippen molar-refractivity contribution in [2.75, 3.05) is 0 Å². The van der Waals surface area contributed by atoms with Gasteiger partial charge in [-0.25, -0.2) is 4.79 Å². The molecule has 0 atom stereocenters. The average Bonchev–Trinajstić information content (AvgIpc) is 2.29. The lowest BCUT2D eigenvalue weighted by Crippen LogP contribution is -2.15. The summed E-state index contributed by atoms with van der Waals surface area (Å²) in [4.78, 5) is 10.8. The molecule has 4 heteroatoms. The SMILES string of the molecule is C=CCCn1c(C)noc1=O. The molecule has 0 unspecified atom stereocenters. The number of hydrogen-bond donors (Lipinski definition) is 0. The quantitative estimate of drug-likeness (QED) is 0.603. The summed E-state index contributed by atoms with van der Waals surface area (Å²) in [6.45, 7) is 5.88. The first kappa shape index (κ1) is 7.78. The summed E-state index contributed by atoms with van der Waals surface area (Å²) >= 11 is 0. The Hall–Kier alpha value is -1.32. The summed E-state index contributed by atoms with van der Waals surface area (Å²) < 4.78 is 5.89. The zero-order chi connectivity index (χ0) is 8.27. The van der Waals surface area contributed by atoms with Crippen LogP contribution < -0.4 is 5.76 Å². The molecule has 4 nitrogen and oxygen atoms in total. The first-order valence-electron chi connectivity index (χ1n) is 3.39. The van der Waals surface area contributed by atoms with E-state index >= 15 is 0 Å². The van der Waals surface area contributed by atoms with Crippen molar-refractivity contribution in [1.29, 1.82) is 0 Å². The minimum atomic E-state index is -0.399. The maximum absolute atomic E-state index is 10.8. The molecule has 0 aliphatic rings. The summed E-state index contributed by atoms with van der Waals surface area (Å²) in [5, 5.41) is 3.51. The van der Waals surface area contributed by atoms with E-state index in [4.69, 9.17) is 0 Å². The first-order chi connectivity index (χ1) is 5.25. The second-order valence-corrected chi connectivity index (χ2v) is 2.22. The monoisotopic (exact) mass is 154 g/mol. The molecular formula is C7H10N2O2. The Kier molecular flexibility index (Phi) is 2.25. The van der Waals surface area contributed by atoms with Gasteiger partial charge >= 0.3 is 5.76 Å². The molecule has 1 heterocycles. The summed E-state index contributed by atoms with van der Waals surface area (Å²) in [6.07, 6.45) is 2.50. The molecule has 1 aromatic heterocycles. The highest BCUT2D eigenvalue weighted by Crippen LogP contribution is 1.91. The van der Waals surface area contributed by atoms with Crippen LogP contribution in [0.5, 0.6) is 0 Å². The predicted octanol–water partition coefficient (Wildman–Crippen LogP) is 0.721. The third-order valence-corrected chi connectivity index (χ3v) is 1.42. The van der Waals surface area contributed by atoms with Gasteiger partial charge in [-0.05, 0) is 13.3 Å². The largest absolute Gasteiger partial charge is 0.441 e. The van der Waals surface area contributed by atoms with Crippen LogP contribution in [0, 0.1) is 6.92 Å². The molecule has 0 spiro atoms. The minimum absolute atomic E-state index is 0.399. The van der Waals surface area contributed by atoms with Gasteiger partial charge in [0, 0.05) is 6.54 Å². The Morgan fingerprint density at radius 2 is 2.55 bits per heavy atom. The van der Waals surface area contributed by atoms with Gasteiger partial charge in [-0.2, -0.15) is 0 Å². The molecule has 0 aromatic carbocycles. The standard InChI is InChI=1S/C7H10N2O2/c1-3-4-5-9-6(2)8-11-7(9)10/h3H,1,4-5H2,2H3. The maximum atomic E-state index is 10.8. The highest BCUT2D eigenvalue weighted by Gasteiger charge is 2.02. The first-order valence-corrected chi connectivity index (χ1v) is 3.39. The van der Waals surface area contributed by atoms with Crippen molar-refractivity contribution in [3.8, 4) is 0 Å². The summed E-state index contributed by atoms with van der Waals surface area (Å²) in [7, 11) is 0. The topological polar surface area (TPSA) is 48.0 Å². The Balaban J connectivity index is 2.83. The number of nitrogens with zero attached hydrogens (tertiary/aromatic N) is 2. The fraction of sp³-hybridized carbons (Fsp3) is 0.429. The third kappa shape index (κ3) is 1.58. The van der Waals surface area contributed by atoms with E-state index in [9.17, 15) is 4.79 Å². The smallest absolute Gasteiger partial charge is 0.296 e. The van der Waals surface area contributed by atoms with E-state index in [0.29, 0.717) is 12.4 Å². The average molecular weight is 154 g/mol. The van der Waals surface area contributed by atoms with Crippen molar-refractivity contribution in [2.45, 2.75) is 19.9 Å². The van der Waals surface area contributed by atoms with Gasteiger partial charge in [0.05, 0.1) is 0 Å². The normalized spacial score (nSPS) is 9.91. The highest BCUT2D eigenvalue weighted by molar-refractivity contribution is 4.79. The Labute approximate surface area is 64.1 Å². The molecule has 11 heavy (non-hydrogen) atoms. The fourth-order valence-electron chi connectivity index (χ4n) is 0.809. The van der Waals surface area contributed by atoms with Crippen molar-refractivity contribution < 1.29 is 4.52 Å². The van der Waals surface area contributed by atoms with Gasteiger partial charge < -0.3 is 0 Å². The molecule has 0 radical (unpaired) electrons. The number of allylic oxidation sites excluding steroid dienone is 1. The number of rotatable bonds is 3. The van der Waals surface area contributed by atoms with Gasteiger partial charge in [0.15, 0.2) is 5.82 Å². The van der Waals surface area contributed by atoms with Gasteiger partial charge in [0.2, 0.25) is 0 Å². The van der Waals surface area contributed by atoms with E-state index in [2.05, 4.69) is 16.3 Å². The van der Waals surface area contributed by atoms with Crippen LogP contribution >= 0.6 is 0 Å². The van der Waals surface area contributed by atoms with Gasteiger partial charge in [0.25, 0.3) is 0 Å². The zero-order valence-corrected chi connectivity index (χ0v) is 6.41. The van der Waals surface area contributed by atoms with Crippen LogP contribution in [0.15, 0.2) is 22.0 Å². The molecule has 0 bridgehead atoms. The fourth-order valence-corrected chi connectivity index (χ4v) is 0.809. The maximum Gasteiger partial charge on any atom is 0.441 e. The number of hydrogen-bond acceptors (Lipinski definition) is 3. The van der Waals surface area contributed by atoms with Gasteiger partial charge in [0.1, 0.15) is 0 Å². The molecule has 60 valence electrons. The van der Waals surface area contributed by atoms with Crippen molar-refractivity contribution in [1.82, 2.24) is 9.72 Å². The molecular weight excluding hydrogens is 144 g/mol. The van der Waals surface area contributed by atoms with E-state index in [1.165, 1.54) is 4.57 Å². The molecule has 1 rings (SSSR count). The molecule has 1 aromatic rings. The number of aromatic nitrogens is 2.